The lowest BCUT2D eigenvalue weighted by molar-refractivity contribution is 0.188. The lowest BCUT2D eigenvalue weighted by Crippen LogP contribution is -1.97. The van der Waals surface area contributed by atoms with Gasteiger partial charge in [-0.2, -0.15) is 0 Å². The molecule has 0 saturated heterocycles. The van der Waals surface area contributed by atoms with Crippen LogP contribution in [0.3, 0.4) is 0 Å². The van der Waals surface area contributed by atoms with Gasteiger partial charge < -0.3 is 4.74 Å². The van der Waals surface area contributed by atoms with Crippen molar-refractivity contribution in [1.29, 1.82) is 0 Å². The third kappa shape index (κ3) is 4.14. The predicted molar refractivity (Wildman–Crippen MR) is 59.3 cm³/mol. The third-order valence-corrected chi connectivity index (χ3v) is 2.35. The van der Waals surface area contributed by atoms with Crippen LogP contribution in [0.25, 0.3) is 0 Å². The summed E-state index contributed by atoms with van der Waals surface area (Å²) in [6, 6.07) is 9.81. The minimum absolute atomic E-state index is 0.256. The Morgan fingerprint density at radius 1 is 1.43 bits per heavy atom. The SMILES string of the molecule is C=CCOC(=O)SCc1ccccc1. The Labute approximate surface area is 88.0 Å². The lowest BCUT2D eigenvalue weighted by atomic mass is 10.2. The van der Waals surface area contributed by atoms with Crippen LogP contribution in [0.1, 0.15) is 5.56 Å². The molecular formula is C11H12O2S. The second-order valence-electron chi connectivity index (χ2n) is 2.62. The summed E-state index contributed by atoms with van der Waals surface area (Å²) in [5.41, 5.74) is 1.12. The fourth-order valence-electron chi connectivity index (χ4n) is 0.885. The van der Waals surface area contributed by atoms with Crippen LogP contribution in [0.2, 0.25) is 0 Å². The molecule has 0 radical (unpaired) electrons. The third-order valence-electron chi connectivity index (χ3n) is 1.52. The van der Waals surface area contributed by atoms with Crippen molar-refractivity contribution in [3.05, 3.63) is 48.6 Å². The van der Waals surface area contributed by atoms with Crippen molar-refractivity contribution in [3.63, 3.8) is 0 Å². The van der Waals surface area contributed by atoms with E-state index in [4.69, 9.17) is 4.74 Å². The highest BCUT2D eigenvalue weighted by molar-refractivity contribution is 8.12. The second kappa shape index (κ2) is 6.27. The monoisotopic (exact) mass is 208 g/mol. The van der Waals surface area contributed by atoms with E-state index in [1.807, 2.05) is 30.3 Å². The summed E-state index contributed by atoms with van der Waals surface area (Å²) in [5, 5.41) is -0.256. The molecule has 0 fully saturated rings. The molecule has 0 unspecified atom stereocenters. The Morgan fingerprint density at radius 3 is 2.79 bits per heavy atom. The number of benzene rings is 1. The standard InChI is InChI=1S/C11H12O2S/c1-2-8-13-11(12)14-9-10-6-4-3-5-7-10/h2-7H,1,8-9H2. The second-order valence-corrected chi connectivity index (χ2v) is 3.53. The zero-order valence-corrected chi connectivity index (χ0v) is 8.63. The molecule has 74 valence electrons. The van der Waals surface area contributed by atoms with E-state index < -0.39 is 0 Å². The Kier molecular flexibility index (Phi) is 4.86. The number of carbonyl (C=O) groups excluding carboxylic acids is 1. The van der Waals surface area contributed by atoms with Gasteiger partial charge in [0.15, 0.2) is 0 Å². The molecule has 0 aliphatic heterocycles. The van der Waals surface area contributed by atoms with Gasteiger partial charge in [-0.05, 0) is 17.3 Å². The molecule has 1 aromatic carbocycles. The van der Waals surface area contributed by atoms with Crippen molar-refractivity contribution < 1.29 is 9.53 Å². The van der Waals surface area contributed by atoms with Gasteiger partial charge >= 0.3 is 5.30 Å². The molecule has 0 saturated carbocycles. The average molecular weight is 208 g/mol. The minimum atomic E-state index is -0.256. The highest BCUT2D eigenvalue weighted by atomic mass is 32.2. The molecule has 3 heteroatoms. The van der Waals surface area contributed by atoms with Gasteiger partial charge in [-0.15, -0.1) is 0 Å². The number of hydrogen-bond acceptors (Lipinski definition) is 3. The quantitative estimate of drug-likeness (QED) is 0.561. The Hall–Kier alpha value is -1.22. The molecule has 2 nitrogen and oxygen atoms in total. The van der Waals surface area contributed by atoms with Crippen LogP contribution in [0, 0.1) is 0 Å². The first kappa shape index (κ1) is 10.9. The van der Waals surface area contributed by atoms with E-state index in [1.165, 1.54) is 0 Å². The van der Waals surface area contributed by atoms with Gasteiger partial charge in [0, 0.05) is 5.75 Å². The average Bonchev–Trinajstić information content (AvgIpc) is 2.25. The van der Waals surface area contributed by atoms with E-state index in [9.17, 15) is 4.79 Å². The molecule has 0 atom stereocenters. The van der Waals surface area contributed by atoms with Crippen LogP contribution in [0.4, 0.5) is 4.79 Å². The van der Waals surface area contributed by atoms with Gasteiger partial charge in [-0.1, -0.05) is 43.0 Å². The zero-order valence-electron chi connectivity index (χ0n) is 7.81. The summed E-state index contributed by atoms with van der Waals surface area (Å²) in [4.78, 5) is 11.1. The predicted octanol–water partition coefficient (Wildman–Crippen LogP) is 3.24. The van der Waals surface area contributed by atoms with Crippen LogP contribution in [-0.2, 0) is 10.5 Å². The van der Waals surface area contributed by atoms with E-state index >= 15 is 0 Å². The fourth-order valence-corrected chi connectivity index (χ4v) is 1.51. The van der Waals surface area contributed by atoms with Crippen LogP contribution in [0.15, 0.2) is 43.0 Å². The molecule has 0 amide bonds. The van der Waals surface area contributed by atoms with Gasteiger partial charge in [0.2, 0.25) is 0 Å². The van der Waals surface area contributed by atoms with Crippen LogP contribution in [-0.4, -0.2) is 11.9 Å². The summed E-state index contributed by atoms with van der Waals surface area (Å²) in [6.07, 6.45) is 1.56. The van der Waals surface area contributed by atoms with Crippen LogP contribution in [0.5, 0.6) is 0 Å². The van der Waals surface area contributed by atoms with E-state index in [1.54, 1.807) is 6.08 Å². The van der Waals surface area contributed by atoms with E-state index in [0.717, 1.165) is 17.3 Å². The minimum Gasteiger partial charge on any atom is -0.453 e. The number of thioether (sulfide) groups is 1. The number of rotatable bonds is 4. The van der Waals surface area contributed by atoms with E-state index in [0.29, 0.717) is 5.75 Å². The first-order chi connectivity index (χ1) is 6.83. The van der Waals surface area contributed by atoms with Gasteiger partial charge in [-0.25, -0.2) is 4.79 Å². The summed E-state index contributed by atoms with van der Waals surface area (Å²) in [7, 11) is 0. The maximum absolute atomic E-state index is 11.1. The smallest absolute Gasteiger partial charge is 0.367 e. The molecule has 0 spiro atoms. The van der Waals surface area contributed by atoms with Crippen molar-refractivity contribution in [2.45, 2.75) is 5.75 Å². The Morgan fingerprint density at radius 2 is 2.14 bits per heavy atom. The van der Waals surface area contributed by atoms with Crippen molar-refractivity contribution in [3.8, 4) is 0 Å². The molecular weight excluding hydrogens is 196 g/mol. The Balaban J connectivity index is 2.27. The van der Waals surface area contributed by atoms with Gasteiger partial charge in [0.25, 0.3) is 0 Å². The zero-order chi connectivity index (χ0) is 10.2. The number of ether oxygens (including phenoxy) is 1. The number of hydrogen-bond donors (Lipinski definition) is 0. The molecule has 14 heavy (non-hydrogen) atoms. The molecule has 1 aromatic rings. The van der Waals surface area contributed by atoms with Gasteiger partial charge in [0.05, 0.1) is 0 Å². The summed E-state index contributed by atoms with van der Waals surface area (Å²) >= 11 is 1.16. The van der Waals surface area contributed by atoms with Crippen molar-refractivity contribution in [2.24, 2.45) is 0 Å². The first-order valence-corrected chi connectivity index (χ1v) is 5.26. The van der Waals surface area contributed by atoms with E-state index in [2.05, 4.69) is 6.58 Å². The van der Waals surface area contributed by atoms with Crippen LogP contribution >= 0.6 is 11.8 Å². The molecule has 0 heterocycles. The highest BCUT2D eigenvalue weighted by Gasteiger charge is 2.02. The fraction of sp³-hybridized carbons (Fsp3) is 0.182. The van der Waals surface area contributed by atoms with Crippen LogP contribution < -0.4 is 0 Å². The number of carbonyl (C=O) groups is 1. The largest absolute Gasteiger partial charge is 0.453 e. The lowest BCUT2D eigenvalue weighted by Gasteiger charge is -2.00. The topological polar surface area (TPSA) is 26.3 Å². The molecule has 0 aromatic heterocycles. The van der Waals surface area contributed by atoms with Crippen molar-refractivity contribution in [1.82, 2.24) is 0 Å². The van der Waals surface area contributed by atoms with Crippen molar-refractivity contribution >= 4 is 17.1 Å². The summed E-state index contributed by atoms with van der Waals surface area (Å²) < 4.78 is 4.82. The maximum atomic E-state index is 11.1. The highest BCUT2D eigenvalue weighted by Crippen LogP contribution is 2.13. The molecule has 0 bridgehead atoms. The maximum Gasteiger partial charge on any atom is 0.367 e. The molecule has 0 N–H and O–H groups in total. The summed E-state index contributed by atoms with van der Waals surface area (Å²) in [5.74, 6) is 0.650. The molecule has 0 aliphatic rings. The first-order valence-electron chi connectivity index (χ1n) is 4.27. The molecule has 1 rings (SSSR count). The normalized spacial score (nSPS) is 9.43. The van der Waals surface area contributed by atoms with E-state index in [-0.39, 0.29) is 11.9 Å². The Bertz CT molecular complexity index is 295. The van der Waals surface area contributed by atoms with Gasteiger partial charge in [-0.3, -0.25) is 0 Å². The van der Waals surface area contributed by atoms with Gasteiger partial charge in [0.1, 0.15) is 6.61 Å². The molecule has 0 aliphatic carbocycles. The van der Waals surface area contributed by atoms with Crippen molar-refractivity contribution in [2.75, 3.05) is 6.61 Å². The summed E-state index contributed by atoms with van der Waals surface area (Å²) in [6.45, 7) is 3.74.